The lowest BCUT2D eigenvalue weighted by molar-refractivity contribution is 0.906. The smallest absolute Gasteiger partial charge is 0.231 e. The Hall–Kier alpha value is -2.44. The highest BCUT2D eigenvalue weighted by Crippen LogP contribution is 2.12. The van der Waals surface area contributed by atoms with E-state index in [-0.39, 0.29) is 0 Å². The van der Waals surface area contributed by atoms with Gasteiger partial charge in [0.05, 0.1) is 12.2 Å². The molecule has 112 valence electrons. The minimum atomic E-state index is 0.540. The molecule has 0 amide bonds. The molecule has 2 N–H and O–H groups in total. The van der Waals surface area contributed by atoms with E-state index in [1.807, 2.05) is 37.2 Å². The van der Waals surface area contributed by atoms with E-state index in [9.17, 15) is 0 Å². The molecule has 0 unspecified atom stereocenters. The molecule has 0 aliphatic heterocycles. The predicted molar refractivity (Wildman–Crippen MR) is 84.5 cm³/mol. The fraction of sp³-hybridized carbons (Fsp3) is 0.429. The minimum Gasteiger partial charge on any atom is -0.354 e. The standard InChI is InChI=1S/C14H21N7/c1-4-8-16-12-18-13(20-14(19-12)21(2)3)17-10-11-7-5-6-9-15-11/h5-7,9H,4,8,10H2,1-3H3,(H2,16,17,18,19,20). The van der Waals surface area contributed by atoms with Crippen molar-refractivity contribution in [2.24, 2.45) is 0 Å². The molecule has 0 spiro atoms. The van der Waals surface area contributed by atoms with E-state index in [4.69, 9.17) is 0 Å². The summed E-state index contributed by atoms with van der Waals surface area (Å²) in [5, 5.41) is 6.37. The number of nitrogens with one attached hydrogen (secondary N) is 2. The van der Waals surface area contributed by atoms with E-state index in [1.165, 1.54) is 0 Å². The Morgan fingerprint density at radius 3 is 2.43 bits per heavy atom. The van der Waals surface area contributed by atoms with Crippen LogP contribution in [0, 0.1) is 0 Å². The molecule has 7 nitrogen and oxygen atoms in total. The van der Waals surface area contributed by atoms with Gasteiger partial charge in [0.15, 0.2) is 0 Å². The second-order valence-corrected chi connectivity index (χ2v) is 4.78. The number of pyridine rings is 1. The molecule has 0 aliphatic carbocycles. The monoisotopic (exact) mass is 287 g/mol. The molecule has 0 bridgehead atoms. The average molecular weight is 287 g/mol. The summed E-state index contributed by atoms with van der Waals surface area (Å²) < 4.78 is 0. The molecule has 0 saturated heterocycles. The summed E-state index contributed by atoms with van der Waals surface area (Å²) in [6.45, 7) is 3.50. The van der Waals surface area contributed by atoms with Crippen molar-refractivity contribution >= 4 is 17.8 Å². The first kappa shape index (κ1) is 15.0. The molecule has 2 heterocycles. The van der Waals surface area contributed by atoms with Crippen LogP contribution in [-0.4, -0.2) is 40.6 Å². The zero-order valence-electron chi connectivity index (χ0n) is 12.7. The van der Waals surface area contributed by atoms with Gasteiger partial charge >= 0.3 is 0 Å². The van der Waals surface area contributed by atoms with Crippen molar-refractivity contribution in [3.8, 4) is 0 Å². The van der Waals surface area contributed by atoms with Crippen molar-refractivity contribution in [2.45, 2.75) is 19.9 Å². The molecule has 0 aliphatic rings. The van der Waals surface area contributed by atoms with Gasteiger partial charge < -0.3 is 15.5 Å². The van der Waals surface area contributed by atoms with Crippen molar-refractivity contribution in [2.75, 3.05) is 36.2 Å². The van der Waals surface area contributed by atoms with Gasteiger partial charge in [0.1, 0.15) is 0 Å². The van der Waals surface area contributed by atoms with Crippen molar-refractivity contribution in [3.63, 3.8) is 0 Å². The lowest BCUT2D eigenvalue weighted by Crippen LogP contribution is -2.17. The number of hydrogen-bond donors (Lipinski definition) is 2. The molecule has 0 radical (unpaired) electrons. The molecule has 0 aromatic carbocycles. The Kier molecular flexibility index (Phi) is 5.25. The maximum absolute atomic E-state index is 4.38. The highest BCUT2D eigenvalue weighted by Gasteiger charge is 2.07. The van der Waals surface area contributed by atoms with Crippen LogP contribution in [0.15, 0.2) is 24.4 Å². The van der Waals surface area contributed by atoms with Crippen LogP contribution < -0.4 is 15.5 Å². The third-order valence-corrected chi connectivity index (χ3v) is 2.71. The number of rotatable bonds is 7. The lowest BCUT2D eigenvalue weighted by Gasteiger charge is -2.13. The molecule has 0 atom stereocenters. The van der Waals surface area contributed by atoms with Crippen molar-refractivity contribution < 1.29 is 0 Å². The fourth-order valence-electron chi connectivity index (χ4n) is 1.63. The van der Waals surface area contributed by atoms with Gasteiger partial charge in [-0.05, 0) is 18.6 Å². The summed E-state index contributed by atoms with van der Waals surface area (Å²) in [5.41, 5.74) is 0.937. The molecule has 2 aromatic rings. The molecular formula is C14H21N7. The summed E-state index contributed by atoms with van der Waals surface area (Å²) >= 11 is 0. The van der Waals surface area contributed by atoms with Crippen molar-refractivity contribution in [1.82, 2.24) is 19.9 Å². The largest absolute Gasteiger partial charge is 0.354 e. The second kappa shape index (κ2) is 7.37. The van der Waals surface area contributed by atoms with E-state index in [0.717, 1.165) is 18.7 Å². The third kappa shape index (κ3) is 4.55. The maximum Gasteiger partial charge on any atom is 0.231 e. The van der Waals surface area contributed by atoms with Gasteiger partial charge in [-0.15, -0.1) is 0 Å². The molecule has 0 fully saturated rings. The average Bonchev–Trinajstić information content (AvgIpc) is 2.51. The summed E-state index contributed by atoms with van der Waals surface area (Å²) in [5.74, 6) is 1.74. The Morgan fingerprint density at radius 1 is 1.05 bits per heavy atom. The van der Waals surface area contributed by atoms with Crippen LogP contribution in [0.2, 0.25) is 0 Å². The first-order valence-corrected chi connectivity index (χ1v) is 7.00. The third-order valence-electron chi connectivity index (χ3n) is 2.71. The topological polar surface area (TPSA) is 78.9 Å². The van der Waals surface area contributed by atoms with Crippen molar-refractivity contribution in [1.29, 1.82) is 0 Å². The molecule has 2 rings (SSSR count). The first-order chi connectivity index (χ1) is 10.2. The van der Waals surface area contributed by atoms with E-state index >= 15 is 0 Å². The molecular weight excluding hydrogens is 266 g/mol. The minimum absolute atomic E-state index is 0.540. The molecule has 7 heteroatoms. The lowest BCUT2D eigenvalue weighted by atomic mass is 10.3. The Labute approximate surface area is 124 Å². The van der Waals surface area contributed by atoms with E-state index in [1.54, 1.807) is 6.20 Å². The predicted octanol–water partition coefficient (Wildman–Crippen LogP) is 1.77. The van der Waals surface area contributed by atoms with Gasteiger partial charge in [-0.1, -0.05) is 13.0 Å². The van der Waals surface area contributed by atoms with Crippen LogP contribution in [-0.2, 0) is 6.54 Å². The van der Waals surface area contributed by atoms with Crippen LogP contribution in [0.1, 0.15) is 19.0 Å². The molecule has 2 aromatic heterocycles. The zero-order chi connectivity index (χ0) is 15.1. The number of aromatic nitrogens is 4. The van der Waals surface area contributed by atoms with E-state index in [2.05, 4.69) is 37.5 Å². The van der Waals surface area contributed by atoms with E-state index < -0.39 is 0 Å². The maximum atomic E-state index is 4.38. The zero-order valence-corrected chi connectivity index (χ0v) is 12.7. The fourth-order valence-corrected chi connectivity index (χ4v) is 1.63. The van der Waals surface area contributed by atoms with Gasteiger partial charge in [-0.3, -0.25) is 4.98 Å². The Morgan fingerprint density at radius 2 is 1.81 bits per heavy atom. The Bertz CT molecular complexity index is 557. The molecule has 21 heavy (non-hydrogen) atoms. The van der Waals surface area contributed by atoms with Gasteiger partial charge in [-0.25, -0.2) is 0 Å². The summed E-state index contributed by atoms with van der Waals surface area (Å²) in [7, 11) is 3.81. The summed E-state index contributed by atoms with van der Waals surface area (Å²) in [4.78, 5) is 19.2. The van der Waals surface area contributed by atoms with Gasteiger partial charge in [0.25, 0.3) is 0 Å². The summed E-state index contributed by atoms with van der Waals surface area (Å²) in [6, 6.07) is 5.80. The van der Waals surface area contributed by atoms with Crippen LogP contribution in [0.3, 0.4) is 0 Å². The number of nitrogens with zero attached hydrogens (tertiary/aromatic N) is 5. The van der Waals surface area contributed by atoms with Gasteiger partial charge in [0.2, 0.25) is 17.8 Å². The normalized spacial score (nSPS) is 10.2. The Balaban J connectivity index is 2.11. The quantitative estimate of drug-likeness (QED) is 0.803. The molecule has 0 saturated carbocycles. The van der Waals surface area contributed by atoms with Crippen LogP contribution in [0.4, 0.5) is 17.8 Å². The SMILES string of the molecule is CCCNc1nc(NCc2ccccn2)nc(N(C)C)n1. The van der Waals surface area contributed by atoms with E-state index in [0.29, 0.717) is 24.4 Å². The number of hydrogen-bond acceptors (Lipinski definition) is 7. The van der Waals surface area contributed by atoms with Crippen LogP contribution >= 0.6 is 0 Å². The highest BCUT2D eigenvalue weighted by atomic mass is 15.3. The summed E-state index contributed by atoms with van der Waals surface area (Å²) in [6.07, 6.45) is 2.78. The van der Waals surface area contributed by atoms with Gasteiger partial charge in [-0.2, -0.15) is 15.0 Å². The van der Waals surface area contributed by atoms with Crippen molar-refractivity contribution in [3.05, 3.63) is 30.1 Å². The van der Waals surface area contributed by atoms with Gasteiger partial charge in [0, 0.05) is 26.8 Å². The van der Waals surface area contributed by atoms with Crippen LogP contribution in [0.5, 0.6) is 0 Å². The second-order valence-electron chi connectivity index (χ2n) is 4.78. The van der Waals surface area contributed by atoms with Crippen LogP contribution in [0.25, 0.3) is 0 Å². The first-order valence-electron chi connectivity index (χ1n) is 7.00. The number of anilines is 3. The highest BCUT2D eigenvalue weighted by molar-refractivity contribution is 5.43.